The summed E-state index contributed by atoms with van der Waals surface area (Å²) in [5.41, 5.74) is 2.01. The molecule has 3 N–H and O–H groups in total. The minimum absolute atomic E-state index is 0.0448. The molecule has 0 spiro atoms. The van der Waals surface area contributed by atoms with Gasteiger partial charge < -0.3 is 20.3 Å². The molecule has 3 heterocycles. The average Bonchev–Trinajstić information content (AvgIpc) is 4.02. The second-order valence-corrected chi connectivity index (χ2v) is 19.3. The Kier molecular flexibility index (Phi) is 10.7. The fraction of sp³-hybridized carbons (Fsp3) is 0.700. The van der Waals surface area contributed by atoms with Crippen LogP contribution in [0.5, 0.6) is 0 Å². The van der Waals surface area contributed by atoms with Crippen LogP contribution in [0.25, 0.3) is 0 Å². The van der Waals surface area contributed by atoms with Crippen molar-refractivity contribution in [2.45, 2.75) is 146 Å². The molecule has 1 aromatic carbocycles. The summed E-state index contributed by atoms with van der Waals surface area (Å²) in [6.07, 6.45) is 11.8. The summed E-state index contributed by atoms with van der Waals surface area (Å²) in [4.78, 5) is 59.7. The highest BCUT2D eigenvalue weighted by molar-refractivity contribution is 7.91. The number of sulfonamides is 1. The number of carbonyl (C=O) groups excluding carboxylic acids is 4. The zero-order valence-corrected chi connectivity index (χ0v) is 32.2. The van der Waals surface area contributed by atoms with E-state index in [2.05, 4.69) is 54.0 Å². The fourth-order valence-electron chi connectivity index (χ4n) is 9.14. The van der Waals surface area contributed by atoms with E-state index in [9.17, 15) is 27.6 Å². The first-order chi connectivity index (χ1) is 25.3. The molecule has 3 aliphatic heterocycles. The number of rotatable bonds is 7. The van der Waals surface area contributed by atoms with Gasteiger partial charge in [0.25, 0.3) is 5.91 Å². The minimum atomic E-state index is -3.86. The smallest absolute Gasteiger partial charge is 0.410 e. The number of carbonyl (C=O) groups is 4. The van der Waals surface area contributed by atoms with Crippen molar-refractivity contribution in [1.82, 2.24) is 25.2 Å². The van der Waals surface area contributed by atoms with Gasteiger partial charge in [-0.05, 0) is 79.4 Å². The largest absolute Gasteiger partial charge is 0.444 e. The summed E-state index contributed by atoms with van der Waals surface area (Å²) in [5, 5.41) is 5.95. The van der Waals surface area contributed by atoms with Gasteiger partial charge in [0, 0.05) is 32.0 Å². The summed E-state index contributed by atoms with van der Waals surface area (Å²) in [5.74, 6) is -1.92. The predicted molar refractivity (Wildman–Crippen MR) is 200 cm³/mol. The predicted octanol–water partition coefficient (Wildman–Crippen LogP) is 4.46. The Morgan fingerprint density at radius 1 is 1.00 bits per heavy atom. The Morgan fingerprint density at radius 2 is 1.74 bits per heavy atom. The Labute approximate surface area is 314 Å². The number of hydrogen-bond acceptors (Lipinski definition) is 8. The number of fused-ring (bicyclic) bond motifs is 3. The van der Waals surface area contributed by atoms with Crippen molar-refractivity contribution < 1.29 is 32.3 Å². The second kappa shape index (κ2) is 15.0. The van der Waals surface area contributed by atoms with E-state index in [1.165, 1.54) is 11.1 Å². The number of benzene rings is 1. The Morgan fingerprint density at radius 3 is 2.45 bits per heavy atom. The molecule has 3 aliphatic carbocycles. The lowest BCUT2D eigenvalue weighted by atomic mass is 9.81. The average molecular weight is 752 g/mol. The van der Waals surface area contributed by atoms with Crippen LogP contribution in [-0.2, 0) is 48.7 Å². The quantitative estimate of drug-likeness (QED) is 0.346. The zero-order chi connectivity index (χ0) is 37.5. The molecule has 290 valence electrons. The third-order valence-electron chi connectivity index (χ3n) is 12.7. The lowest BCUT2D eigenvalue weighted by Crippen LogP contribution is -2.59. The van der Waals surface area contributed by atoms with Crippen molar-refractivity contribution in [1.29, 1.82) is 0 Å². The highest BCUT2D eigenvalue weighted by atomic mass is 32.2. The number of ether oxygens (including phenoxy) is 1. The molecular weight excluding hydrogens is 695 g/mol. The van der Waals surface area contributed by atoms with Gasteiger partial charge in [-0.3, -0.25) is 24.0 Å². The molecule has 1 aromatic rings. The molecule has 53 heavy (non-hydrogen) atoms. The molecule has 6 aliphatic rings. The van der Waals surface area contributed by atoms with Crippen molar-refractivity contribution in [2.75, 3.05) is 13.1 Å². The first-order valence-electron chi connectivity index (χ1n) is 19.9. The van der Waals surface area contributed by atoms with Crippen molar-refractivity contribution in [2.24, 2.45) is 17.3 Å². The van der Waals surface area contributed by atoms with Crippen LogP contribution in [0.2, 0.25) is 0 Å². The summed E-state index contributed by atoms with van der Waals surface area (Å²) >= 11 is 0. The summed E-state index contributed by atoms with van der Waals surface area (Å²) in [6.45, 7) is 9.88. The molecule has 5 atom stereocenters. The van der Waals surface area contributed by atoms with Gasteiger partial charge >= 0.3 is 6.09 Å². The highest BCUT2D eigenvalue weighted by Crippen LogP contribution is 2.45. The summed E-state index contributed by atoms with van der Waals surface area (Å²) in [7, 11) is -3.86. The molecule has 4 fully saturated rings. The summed E-state index contributed by atoms with van der Waals surface area (Å²) < 4.78 is 33.8. The van der Waals surface area contributed by atoms with E-state index < -0.39 is 62.8 Å². The van der Waals surface area contributed by atoms with Gasteiger partial charge in [-0.25, -0.2) is 13.2 Å². The molecule has 4 amide bonds. The second-order valence-electron chi connectivity index (χ2n) is 17.3. The first kappa shape index (κ1) is 37.8. The first-order valence-corrected chi connectivity index (χ1v) is 21.4. The van der Waals surface area contributed by atoms with Crippen LogP contribution < -0.4 is 15.4 Å². The van der Waals surface area contributed by atoms with E-state index in [4.69, 9.17) is 4.74 Å². The van der Waals surface area contributed by atoms with Crippen LogP contribution in [0.3, 0.4) is 0 Å². The Balaban J connectivity index is 1.16. The van der Waals surface area contributed by atoms with Crippen molar-refractivity contribution in [3.63, 3.8) is 0 Å². The lowest BCUT2D eigenvalue weighted by Gasteiger charge is -2.37. The number of nitrogens with zero attached hydrogens (tertiary/aromatic N) is 2. The zero-order valence-electron chi connectivity index (χ0n) is 31.4. The lowest BCUT2D eigenvalue weighted by molar-refractivity contribution is -0.142. The molecule has 4 bridgehead atoms. The van der Waals surface area contributed by atoms with E-state index in [1.54, 1.807) is 15.9 Å². The van der Waals surface area contributed by atoms with Crippen molar-refractivity contribution >= 4 is 33.8 Å². The maximum atomic E-state index is 14.8. The summed E-state index contributed by atoms with van der Waals surface area (Å²) in [6, 6.07) is 4.73. The fourth-order valence-corrected chi connectivity index (χ4v) is 10.5. The molecular formula is C40H57N5O7S. The van der Waals surface area contributed by atoms with Gasteiger partial charge in [-0.1, -0.05) is 70.2 Å². The molecule has 3 saturated carbocycles. The molecule has 12 nitrogen and oxygen atoms in total. The minimum Gasteiger partial charge on any atom is -0.444 e. The van der Waals surface area contributed by atoms with E-state index >= 15 is 0 Å². The normalized spacial score (nSPS) is 31.1. The van der Waals surface area contributed by atoms with Crippen LogP contribution in [0.1, 0.15) is 114 Å². The van der Waals surface area contributed by atoms with E-state index in [0.717, 1.165) is 69.8 Å². The van der Waals surface area contributed by atoms with Crippen molar-refractivity contribution in [3.8, 4) is 0 Å². The van der Waals surface area contributed by atoms with Crippen LogP contribution in [0.4, 0.5) is 4.79 Å². The van der Waals surface area contributed by atoms with E-state index in [0.29, 0.717) is 32.5 Å². The van der Waals surface area contributed by atoms with Gasteiger partial charge in [0.1, 0.15) is 17.7 Å². The number of aryl methyl sites for hydroxylation is 1. The standard InChI is InChI=1S/C40H57N5O7S/c1-4-29-21-40(29,37(48)43-53(50,51)31-17-18-31)42-35(46)33-20-30-23-45(33)36(47)34(27-13-7-5-8-14-27)41-25-39(2,3)19-10-6-9-12-26-15-11-16-28-22-44(24-32(26)28)38(49)52-30/h4,11,15-16,27,29-31,33-34,41H,1,5-10,12-14,17-25H2,2-3H3,(H,42,46)(H,43,48)/t29-,30-,33+,34+,40-/m1/s1. The molecule has 7 rings (SSSR count). The Hall–Kier alpha value is -3.45. The molecule has 13 heteroatoms. The SMILES string of the molecule is C=C[C@@H]1C[C@]1(NC(=O)[C@@H]1C[C@@H]2CN1C(=O)[C@H](C1CCCCC1)NCC(C)(C)CCCCCc1cccc3c1CN(C3)C(=O)O2)C(=O)NS(=O)(=O)C1CC1. The Bertz CT molecular complexity index is 1720. The van der Waals surface area contributed by atoms with E-state index in [1.807, 2.05) is 0 Å². The molecule has 0 radical (unpaired) electrons. The number of hydrogen-bond donors (Lipinski definition) is 3. The van der Waals surface area contributed by atoms with Crippen LogP contribution in [0.15, 0.2) is 30.9 Å². The topological polar surface area (TPSA) is 154 Å². The van der Waals surface area contributed by atoms with Gasteiger partial charge in [-0.15, -0.1) is 6.58 Å². The maximum absolute atomic E-state index is 14.8. The van der Waals surface area contributed by atoms with Crippen LogP contribution >= 0.6 is 0 Å². The molecule has 0 unspecified atom stereocenters. The third-order valence-corrected chi connectivity index (χ3v) is 14.5. The monoisotopic (exact) mass is 751 g/mol. The van der Waals surface area contributed by atoms with Gasteiger partial charge in [0.05, 0.1) is 17.8 Å². The van der Waals surface area contributed by atoms with Gasteiger partial charge in [0.15, 0.2) is 0 Å². The van der Waals surface area contributed by atoms with Crippen LogP contribution in [0, 0.1) is 17.3 Å². The van der Waals surface area contributed by atoms with Crippen molar-refractivity contribution in [3.05, 3.63) is 47.5 Å². The van der Waals surface area contributed by atoms with Gasteiger partial charge in [0.2, 0.25) is 21.8 Å². The highest BCUT2D eigenvalue weighted by Gasteiger charge is 2.62. The maximum Gasteiger partial charge on any atom is 0.410 e. The number of amides is 4. The molecule has 1 saturated heterocycles. The molecule has 0 aromatic heterocycles. The third kappa shape index (κ3) is 8.16. The van der Waals surface area contributed by atoms with Gasteiger partial charge in [-0.2, -0.15) is 0 Å². The van der Waals surface area contributed by atoms with E-state index in [-0.39, 0.29) is 36.6 Å². The number of nitrogens with one attached hydrogen (secondary N) is 3. The van der Waals surface area contributed by atoms with Crippen LogP contribution in [-0.4, -0.2) is 84.1 Å².